The van der Waals surface area contributed by atoms with Gasteiger partial charge in [-0.2, -0.15) is 0 Å². The van der Waals surface area contributed by atoms with Crippen LogP contribution in [0.5, 0.6) is 5.75 Å². The summed E-state index contributed by atoms with van der Waals surface area (Å²) < 4.78 is 19.2. The molecule has 0 aliphatic heterocycles. The first-order chi connectivity index (χ1) is 13.8. The van der Waals surface area contributed by atoms with Gasteiger partial charge in [-0.25, -0.2) is 4.39 Å². The third-order valence-corrected chi connectivity index (χ3v) is 4.35. The van der Waals surface area contributed by atoms with Crippen molar-refractivity contribution in [3.8, 4) is 5.75 Å². The van der Waals surface area contributed by atoms with Gasteiger partial charge in [-0.3, -0.25) is 14.4 Å². The molecule has 0 heterocycles. The topological polar surface area (TPSA) is 111 Å². The molecule has 0 aliphatic rings. The minimum absolute atomic E-state index is 0.0712. The number of primary amides is 1. The highest BCUT2D eigenvalue weighted by Gasteiger charge is 2.26. The average Bonchev–Trinajstić information content (AvgIpc) is 2.68. The van der Waals surface area contributed by atoms with E-state index in [2.05, 4.69) is 10.6 Å². The molecule has 0 saturated carbocycles. The van der Waals surface area contributed by atoms with Gasteiger partial charge in [-0.15, -0.1) is 0 Å². The van der Waals surface area contributed by atoms with Crippen molar-refractivity contribution < 1.29 is 23.5 Å². The molecule has 2 atom stereocenters. The smallest absolute Gasteiger partial charge is 0.243 e. The molecular weight excluding hydrogens is 377 g/mol. The summed E-state index contributed by atoms with van der Waals surface area (Å²) in [4.78, 5) is 36.2. The van der Waals surface area contributed by atoms with E-state index in [1.807, 2.05) is 0 Å². The van der Waals surface area contributed by atoms with Crippen molar-refractivity contribution in [1.29, 1.82) is 0 Å². The Morgan fingerprint density at radius 3 is 2.14 bits per heavy atom. The van der Waals surface area contributed by atoms with Gasteiger partial charge in [0, 0.05) is 19.8 Å². The van der Waals surface area contributed by atoms with Gasteiger partial charge >= 0.3 is 0 Å². The maximum atomic E-state index is 14.0. The van der Waals surface area contributed by atoms with Crippen molar-refractivity contribution in [3.05, 3.63) is 65.5 Å². The van der Waals surface area contributed by atoms with Crippen LogP contribution in [0, 0.1) is 5.82 Å². The normalized spacial score (nSPS) is 12.5. The van der Waals surface area contributed by atoms with E-state index in [4.69, 9.17) is 10.5 Å². The molecule has 7 nitrogen and oxygen atoms in total. The number of hydrogen-bond acceptors (Lipinski definition) is 4. The van der Waals surface area contributed by atoms with E-state index in [1.54, 1.807) is 30.3 Å². The lowest BCUT2D eigenvalue weighted by Crippen LogP contribution is -2.54. The molecule has 2 aromatic carbocycles. The van der Waals surface area contributed by atoms with Crippen LogP contribution in [0.4, 0.5) is 4.39 Å². The minimum Gasteiger partial charge on any atom is -0.496 e. The van der Waals surface area contributed by atoms with E-state index in [-0.39, 0.29) is 18.4 Å². The highest BCUT2D eigenvalue weighted by Crippen LogP contribution is 2.19. The number of nitrogens with two attached hydrogens (primary N) is 1. The number of carbonyl (C=O) groups excluding carboxylic acids is 3. The van der Waals surface area contributed by atoms with E-state index < -0.39 is 35.6 Å². The van der Waals surface area contributed by atoms with Gasteiger partial charge < -0.3 is 21.1 Å². The molecule has 29 heavy (non-hydrogen) atoms. The minimum atomic E-state index is -1.07. The Balaban J connectivity index is 2.18. The Morgan fingerprint density at radius 2 is 1.55 bits per heavy atom. The molecule has 0 aliphatic carbocycles. The Kier molecular flexibility index (Phi) is 7.70. The summed E-state index contributed by atoms with van der Waals surface area (Å²) in [5.41, 5.74) is 6.41. The largest absolute Gasteiger partial charge is 0.496 e. The second kappa shape index (κ2) is 10.2. The molecule has 3 amide bonds. The number of halogens is 1. The highest BCUT2D eigenvalue weighted by atomic mass is 19.1. The van der Waals surface area contributed by atoms with Crippen molar-refractivity contribution in [2.24, 2.45) is 5.73 Å². The molecule has 2 rings (SSSR count). The fourth-order valence-corrected chi connectivity index (χ4v) is 2.93. The Labute approximate surface area is 168 Å². The van der Waals surface area contributed by atoms with Gasteiger partial charge in [0.15, 0.2) is 0 Å². The molecular formula is C21H24FN3O4. The van der Waals surface area contributed by atoms with Gasteiger partial charge in [-0.1, -0.05) is 36.4 Å². The molecule has 2 aromatic rings. The number of amides is 3. The monoisotopic (exact) mass is 401 g/mol. The molecule has 0 saturated heterocycles. The number of methoxy groups -OCH3 is 1. The van der Waals surface area contributed by atoms with Crippen LogP contribution < -0.4 is 21.1 Å². The summed E-state index contributed by atoms with van der Waals surface area (Å²) in [6.45, 7) is 1.25. The number of nitrogens with one attached hydrogen (secondary N) is 2. The van der Waals surface area contributed by atoms with Crippen molar-refractivity contribution in [2.45, 2.75) is 31.8 Å². The quantitative estimate of drug-likeness (QED) is 0.584. The van der Waals surface area contributed by atoms with E-state index >= 15 is 0 Å². The number of carbonyl (C=O) groups is 3. The van der Waals surface area contributed by atoms with Crippen molar-refractivity contribution in [2.75, 3.05) is 7.11 Å². The highest BCUT2D eigenvalue weighted by molar-refractivity contribution is 5.91. The van der Waals surface area contributed by atoms with Gasteiger partial charge in [0.2, 0.25) is 17.7 Å². The predicted molar refractivity (Wildman–Crippen MR) is 106 cm³/mol. The standard InChI is InChI=1S/C21H24FN3O4/c1-13(26)24-18(11-14-7-3-5-9-16(14)22)21(28)25-17(20(23)27)12-15-8-4-6-10-19(15)29-2/h3-10,17-18H,11-12H2,1-2H3,(H2,23,27)(H,24,26)(H,25,28)/t17-,18-/m1/s1. The van der Waals surface area contributed by atoms with Crippen molar-refractivity contribution in [1.82, 2.24) is 10.6 Å². The average molecular weight is 401 g/mol. The van der Waals surface area contributed by atoms with Gasteiger partial charge in [-0.05, 0) is 23.3 Å². The molecule has 0 unspecified atom stereocenters. The van der Waals surface area contributed by atoms with E-state index in [0.29, 0.717) is 11.3 Å². The summed E-state index contributed by atoms with van der Waals surface area (Å²) in [6, 6.07) is 10.9. The molecule has 154 valence electrons. The van der Waals surface area contributed by atoms with Crippen LogP contribution in [-0.4, -0.2) is 36.9 Å². The first-order valence-electron chi connectivity index (χ1n) is 9.04. The summed E-state index contributed by atoms with van der Waals surface area (Å²) in [6.07, 6.45) is 0.0375. The van der Waals surface area contributed by atoms with Gasteiger partial charge in [0.25, 0.3) is 0 Å². The van der Waals surface area contributed by atoms with Crippen LogP contribution in [0.25, 0.3) is 0 Å². The van der Waals surface area contributed by atoms with E-state index in [0.717, 1.165) is 0 Å². The number of hydrogen-bond donors (Lipinski definition) is 3. The molecule has 8 heteroatoms. The number of benzene rings is 2. The Bertz CT molecular complexity index is 888. The zero-order chi connectivity index (χ0) is 21.4. The number of ether oxygens (including phenoxy) is 1. The fourth-order valence-electron chi connectivity index (χ4n) is 2.93. The van der Waals surface area contributed by atoms with Gasteiger partial charge in [0.05, 0.1) is 7.11 Å². The van der Waals surface area contributed by atoms with Crippen LogP contribution in [-0.2, 0) is 27.2 Å². The summed E-state index contributed by atoms with van der Waals surface area (Å²) >= 11 is 0. The van der Waals surface area contributed by atoms with E-state index in [1.165, 1.54) is 32.2 Å². The van der Waals surface area contributed by atoms with Crippen LogP contribution in [0.15, 0.2) is 48.5 Å². The molecule has 0 spiro atoms. The lowest BCUT2D eigenvalue weighted by molar-refractivity contribution is -0.130. The maximum Gasteiger partial charge on any atom is 0.243 e. The summed E-state index contributed by atoms with van der Waals surface area (Å²) in [5, 5.41) is 5.05. The zero-order valence-electron chi connectivity index (χ0n) is 16.3. The molecule has 0 aromatic heterocycles. The lowest BCUT2D eigenvalue weighted by atomic mass is 10.0. The third-order valence-electron chi connectivity index (χ3n) is 4.35. The Hall–Kier alpha value is -3.42. The maximum absolute atomic E-state index is 14.0. The van der Waals surface area contributed by atoms with Crippen LogP contribution >= 0.6 is 0 Å². The number of para-hydroxylation sites is 1. The summed E-state index contributed by atoms with van der Waals surface area (Å²) in [7, 11) is 1.50. The molecule has 0 fully saturated rings. The molecule has 0 bridgehead atoms. The second-order valence-electron chi connectivity index (χ2n) is 6.53. The first-order valence-corrected chi connectivity index (χ1v) is 9.04. The third kappa shape index (κ3) is 6.31. The predicted octanol–water partition coefficient (Wildman–Crippen LogP) is 1.09. The summed E-state index contributed by atoms with van der Waals surface area (Å²) in [5.74, 6) is -1.77. The second-order valence-corrected chi connectivity index (χ2v) is 6.53. The zero-order valence-corrected chi connectivity index (χ0v) is 16.3. The molecule has 4 N–H and O–H groups in total. The number of rotatable bonds is 9. The Morgan fingerprint density at radius 1 is 0.966 bits per heavy atom. The van der Waals surface area contributed by atoms with Crippen LogP contribution in [0.1, 0.15) is 18.1 Å². The van der Waals surface area contributed by atoms with Gasteiger partial charge in [0.1, 0.15) is 23.7 Å². The lowest BCUT2D eigenvalue weighted by Gasteiger charge is -2.22. The van der Waals surface area contributed by atoms with E-state index in [9.17, 15) is 18.8 Å². The van der Waals surface area contributed by atoms with Crippen LogP contribution in [0.3, 0.4) is 0 Å². The fraction of sp³-hybridized carbons (Fsp3) is 0.286. The SMILES string of the molecule is COc1ccccc1C[C@@H](NC(=O)[C@@H](Cc1ccccc1F)NC(C)=O)C(N)=O. The first kappa shape index (κ1) is 21.9. The van der Waals surface area contributed by atoms with Crippen molar-refractivity contribution in [3.63, 3.8) is 0 Å². The molecule has 0 radical (unpaired) electrons. The van der Waals surface area contributed by atoms with Crippen LogP contribution in [0.2, 0.25) is 0 Å². The van der Waals surface area contributed by atoms with Crippen molar-refractivity contribution >= 4 is 17.7 Å².